The van der Waals surface area contributed by atoms with Gasteiger partial charge in [0.15, 0.2) is 9.84 Å². The molecule has 3 aromatic rings. The van der Waals surface area contributed by atoms with E-state index in [1.165, 1.54) is 31.3 Å². The molecule has 1 fully saturated rings. The average Bonchev–Trinajstić information content (AvgIpc) is 2.96. The Kier molecular flexibility index (Phi) is 10.4. The number of sulfone groups is 1. The molecular formula is C29H29Cl2F3N4O4S. The molecule has 2 N–H and O–H groups in total. The molecule has 0 aliphatic carbocycles. The maximum absolute atomic E-state index is 14.2. The van der Waals surface area contributed by atoms with E-state index in [2.05, 4.69) is 15.6 Å². The first kappa shape index (κ1) is 32.7. The second-order valence-corrected chi connectivity index (χ2v) is 13.2. The highest BCUT2D eigenvalue weighted by Gasteiger charge is 2.36. The number of rotatable bonds is 9. The molecule has 1 aliphatic heterocycles. The van der Waals surface area contributed by atoms with Crippen LogP contribution in [0.1, 0.15) is 57.3 Å². The molecule has 1 aromatic heterocycles. The second kappa shape index (κ2) is 13.6. The van der Waals surface area contributed by atoms with E-state index in [0.717, 1.165) is 12.1 Å². The smallest absolute Gasteiger partial charge is 0.348 e. The Morgan fingerprint density at radius 1 is 1.09 bits per heavy atom. The highest BCUT2D eigenvalue weighted by Crippen LogP contribution is 2.37. The van der Waals surface area contributed by atoms with E-state index < -0.39 is 27.5 Å². The van der Waals surface area contributed by atoms with Gasteiger partial charge in [-0.1, -0.05) is 36.2 Å². The zero-order valence-corrected chi connectivity index (χ0v) is 25.4. The van der Waals surface area contributed by atoms with E-state index in [4.69, 9.17) is 23.2 Å². The van der Waals surface area contributed by atoms with Crippen molar-refractivity contribution in [3.8, 4) is 0 Å². The summed E-state index contributed by atoms with van der Waals surface area (Å²) in [6, 6.07) is 10.7. The number of carbonyl (C=O) groups excluding carboxylic acids is 2. The number of amides is 2. The molecule has 230 valence electrons. The minimum atomic E-state index is -4.81. The highest BCUT2D eigenvalue weighted by atomic mass is 35.5. The van der Waals surface area contributed by atoms with Gasteiger partial charge in [0, 0.05) is 47.5 Å². The number of nitrogens with one attached hydrogen (secondary N) is 2. The third-order valence-electron chi connectivity index (χ3n) is 7.06. The lowest BCUT2D eigenvalue weighted by molar-refractivity contribution is -0.138. The van der Waals surface area contributed by atoms with Gasteiger partial charge in [-0.05, 0) is 73.0 Å². The Labute approximate surface area is 257 Å². The standard InChI is InChI=1S/C29H29Cl2F3N4O4S/c1-2-43(41,42)26-9-8-20(30)12-19(26)15-36-27(39)18-13-23(29(32,33)34)22(24(31)14-18)17-38-11-5-6-21(16-38)37-28(40)25-7-3-4-10-35-25/h3-4,7-10,12-14,21H,2,5-6,11,15-17H2,1H3,(H,36,39)(H,37,40). The van der Waals surface area contributed by atoms with Crippen LogP contribution in [-0.2, 0) is 29.1 Å². The van der Waals surface area contributed by atoms with Crippen LogP contribution < -0.4 is 10.6 Å². The number of aromatic nitrogens is 1. The summed E-state index contributed by atoms with van der Waals surface area (Å²) in [4.78, 5) is 31.3. The van der Waals surface area contributed by atoms with Gasteiger partial charge in [-0.25, -0.2) is 8.42 Å². The van der Waals surface area contributed by atoms with Gasteiger partial charge in [-0.3, -0.25) is 19.5 Å². The summed E-state index contributed by atoms with van der Waals surface area (Å²) in [7, 11) is -3.65. The summed E-state index contributed by atoms with van der Waals surface area (Å²) in [6.07, 6.45) is -2.02. The number of hydrogen-bond acceptors (Lipinski definition) is 6. The minimum Gasteiger partial charge on any atom is -0.348 e. The largest absolute Gasteiger partial charge is 0.416 e. The van der Waals surface area contributed by atoms with Crippen molar-refractivity contribution >= 4 is 44.9 Å². The van der Waals surface area contributed by atoms with Crippen LogP contribution in [0.3, 0.4) is 0 Å². The van der Waals surface area contributed by atoms with E-state index in [1.54, 1.807) is 23.1 Å². The van der Waals surface area contributed by atoms with Gasteiger partial charge in [0.25, 0.3) is 11.8 Å². The zero-order chi connectivity index (χ0) is 31.4. The van der Waals surface area contributed by atoms with E-state index in [9.17, 15) is 31.2 Å². The van der Waals surface area contributed by atoms with Gasteiger partial charge in [0.2, 0.25) is 0 Å². The molecule has 1 unspecified atom stereocenters. The number of carbonyl (C=O) groups is 2. The number of halogens is 5. The lowest BCUT2D eigenvalue weighted by Gasteiger charge is -2.34. The number of benzene rings is 2. The van der Waals surface area contributed by atoms with Gasteiger partial charge < -0.3 is 10.6 Å². The summed E-state index contributed by atoms with van der Waals surface area (Å²) in [5.74, 6) is -1.42. The molecule has 8 nitrogen and oxygen atoms in total. The van der Waals surface area contributed by atoms with Crippen LogP contribution in [0.15, 0.2) is 59.6 Å². The number of hydrogen-bond donors (Lipinski definition) is 2. The minimum absolute atomic E-state index is 0.0277. The predicted octanol–water partition coefficient (Wildman–Crippen LogP) is 5.53. The first-order chi connectivity index (χ1) is 20.3. The average molecular weight is 658 g/mol. The first-order valence-electron chi connectivity index (χ1n) is 13.4. The van der Waals surface area contributed by atoms with Crippen molar-refractivity contribution < 1.29 is 31.2 Å². The SMILES string of the molecule is CCS(=O)(=O)c1ccc(Cl)cc1CNC(=O)c1cc(Cl)c(CN2CCCC(NC(=O)c3ccccn3)C2)c(C(F)(F)F)c1. The van der Waals surface area contributed by atoms with Crippen LogP contribution in [-0.4, -0.2) is 55.0 Å². The van der Waals surface area contributed by atoms with Crippen molar-refractivity contribution in [1.29, 1.82) is 0 Å². The second-order valence-electron chi connectivity index (χ2n) is 10.1. The van der Waals surface area contributed by atoms with Gasteiger partial charge in [-0.15, -0.1) is 0 Å². The number of alkyl halides is 3. The van der Waals surface area contributed by atoms with Gasteiger partial charge in [0.05, 0.1) is 16.2 Å². The van der Waals surface area contributed by atoms with Crippen LogP contribution in [0.4, 0.5) is 13.2 Å². The summed E-state index contributed by atoms with van der Waals surface area (Å²) in [5, 5.41) is 5.36. The van der Waals surface area contributed by atoms with Crippen LogP contribution in [0.5, 0.6) is 0 Å². The molecule has 2 heterocycles. The number of likely N-dealkylation sites (tertiary alicyclic amines) is 1. The molecule has 2 amide bonds. The van der Waals surface area contributed by atoms with Gasteiger partial charge >= 0.3 is 6.18 Å². The highest BCUT2D eigenvalue weighted by molar-refractivity contribution is 7.91. The number of piperidine rings is 1. The van der Waals surface area contributed by atoms with Crippen molar-refractivity contribution in [2.75, 3.05) is 18.8 Å². The van der Waals surface area contributed by atoms with Crippen molar-refractivity contribution in [3.63, 3.8) is 0 Å². The molecule has 1 aliphatic rings. The Morgan fingerprint density at radius 2 is 1.86 bits per heavy atom. The van der Waals surface area contributed by atoms with Crippen molar-refractivity contribution in [2.45, 2.75) is 50.0 Å². The van der Waals surface area contributed by atoms with Crippen LogP contribution in [0.25, 0.3) is 0 Å². The Hall–Kier alpha value is -3.19. The third-order valence-corrected chi connectivity index (χ3v) is 9.46. The summed E-state index contributed by atoms with van der Waals surface area (Å²) in [6.45, 7) is 1.84. The van der Waals surface area contributed by atoms with Crippen LogP contribution in [0, 0.1) is 0 Å². The van der Waals surface area contributed by atoms with E-state index in [1.807, 2.05) is 0 Å². The predicted molar refractivity (Wildman–Crippen MR) is 157 cm³/mol. The Bertz CT molecular complexity index is 1610. The van der Waals surface area contributed by atoms with Gasteiger partial charge in [0.1, 0.15) is 5.69 Å². The molecule has 14 heteroatoms. The molecule has 1 saturated heterocycles. The molecule has 1 atom stereocenters. The van der Waals surface area contributed by atoms with E-state index >= 15 is 0 Å². The molecule has 2 aromatic carbocycles. The molecule has 4 rings (SSSR count). The maximum atomic E-state index is 14.2. The molecule has 0 saturated carbocycles. The zero-order valence-electron chi connectivity index (χ0n) is 23.0. The normalized spacial score (nSPS) is 16.1. The van der Waals surface area contributed by atoms with E-state index in [-0.39, 0.29) is 68.1 Å². The van der Waals surface area contributed by atoms with Crippen molar-refractivity contribution in [1.82, 2.24) is 20.5 Å². The van der Waals surface area contributed by atoms with Crippen LogP contribution >= 0.6 is 23.2 Å². The Balaban J connectivity index is 1.51. The van der Waals surface area contributed by atoms with E-state index in [0.29, 0.717) is 25.9 Å². The summed E-state index contributed by atoms with van der Waals surface area (Å²) in [5.41, 5.74) is -1.12. The lowest BCUT2D eigenvalue weighted by Crippen LogP contribution is -2.47. The fourth-order valence-corrected chi connectivity index (χ4v) is 6.49. The Morgan fingerprint density at radius 3 is 2.53 bits per heavy atom. The first-order valence-corrected chi connectivity index (χ1v) is 15.8. The quantitative estimate of drug-likeness (QED) is 0.314. The fourth-order valence-electron chi connectivity index (χ4n) is 4.90. The monoisotopic (exact) mass is 656 g/mol. The third kappa shape index (κ3) is 8.26. The molecular weight excluding hydrogens is 628 g/mol. The topological polar surface area (TPSA) is 108 Å². The molecule has 0 radical (unpaired) electrons. The van der Waals surface area contributed by atoms with Gasteiger partial charge in [-0.2, -0.15) is 13.2 Å². The number of pyridine rings is 1. The number of nitrogens with zero attached hydrogens (tertiary/aromatic N) is 2. The van der Waals surface area contributed by atoms with Crippen molar-refractivity contribution in [3.05, 3.63) is 92.7 Å². The van der Waals surface area contributed by atoms with Crippen molar-refractivity contribution in [2.24, 2.45) is 0 Å². The molecule has 43 heavy (non-hydrogen) atoms. The molecule has 0 spiro atoms. The molecule has 0 bridgehead atoms. The maximum Gasteiger partial charge on any atom is 0.416 e. The van der Waals surface area contributed by atoms with Crippen LogP contribution in [0.2, 0.25) is 10.0 Å². The summed E-state index contributed by atoms with van der Waals surface area (Å²) < 4.78 is 67.6. The lowest BCUT2D eigenvalue weighted by atomic mass is 9.99. The fraction of sp³-hybridized carbons (Fsp3) is 0.345. The summed E-state index contributed by atoms with van der Waals surface area (Å²) >= 11 is 12.4.